The standard InChI is InChI=1S/C22H20ClN7O2/c1-13-20(21(23)29(26-13)15-7-5-4-6-8-15)17-12-16(24-22-25-27-28-30(17)22)14-9-10-18(31-2)19(11-14)32-3/h4-12,17H,1-3H3,(H,24,25,28)/t17-/m0/s1. The minimum absolute atomic E-state index is 0.352. The number of ether oxygens (including phenoxy) is 2. The van der Waals surface area contributed by atoms with E-state index in [0.29, 0.717) is 22.6 Å². The number of benzene rings is 2. The third-order valence-corrected chi connectivity index (χ3v) is 5.73. The van der Waals surface area contributed by atoms with Crippen molar-refractivity contribution in [1.82, 2.24) is 30.0 Å². The summed E-state index contributed by atoms with van der Waals surface area (Å²) in [5, 5.41) is 20.6. The van der Waals surface area contributed by atoms with Crippen molar-refractivity contribution in [3.8, 4) is 17.2 Å². The number of rotatable bonds is 5. The summed E-state index contributed by atoms with van der Waals surface area (Å²) in [4.78, 5) is 0. The van der Waals surface area contributed by atoms with Crippen molar-refractivity contribution < 1.29 is 9.47 Å². The zero-order valence-electron chi connectivity index (χ0n) is 17.7. The van der Waals surface area contributed by atoms with E-state index in [9.17, 15) is 0 Å². The van der Waals surface area contributed by atoms with E-state index >= 15 is 0 Å². The Bertz CT molecular complexity index is 1310. The molecule has 2 aromatic carbocycles. The summed E-state index contributed by atoms with van der Waals surface area (Å²) in [6, 6.07) is 15.1. The van der Waals surface area contributed by atoms with Gasteiger partial charge < -0.3 is 14.8 Å². The van der Waals surface area contributed by atoms with Crippen molar-refractivity contribution in [2.45, 2.75) is 13.0 Å². The average Bonchev–Trinajstić information content (AvgIpc) is 3.42. The third-order valence-electron chi connectivity index (χ3n) is 5.37. The maximum absolute atomic E-state index is 6.84. The highest BCUT2D eigenvalue weighted by molar-refractivity contribution is 6.30. The number of para-hydroxylation sites is 1. The van der Waals surface area contributed by atoms with Crippen LogP contribution in [-0.2, 0) is 0 Å². The maximum atomic E-state index is 6.84. The molecule has 9 nitrogen and oxygen atoms in total. The first-order valence-corrected chi connectivity index (χ1v) is 10.3. The number of fused-ring (bicyclic) bond motifs is 1. The molecule has 0 unspecified atom stereocenters. The van der Waals surface area contributed by atoms with Crippen LogP contribution in [0.3, 0.4) is 0 Å². The topological polar surface area (TPSA) is 91.9 Å². The number of nitrogens with zero attached hydrogens (tertiary/aromatic N) is 6. The lowest BCUT2D eigenvalue weighted by molar-refractivity contribution is 0.355. The lowest BCUT2D eigenvalue weighted by atomic mass is 10.0. The molecule has 1 atom stereocenters. The lowest BCUT2D eigenvalue weighted by Crippen LogP contribution is -2.21. The third kappa shape index (κ3) is 3.27. The van der Waals surface area contributed by atoms with Crippen molar-refractivity contribution in [3.05, 3.63) is 76.6 Å². The largest absolute Gasteiger partial charge is 0.493 e. The molecule has 0 aliphatic carbocycles. The summed E-state index contributed by atoms with van der Waals surface area (Å²) in [7, 11) is 3.21. The zero-order chi connectivity index (χ0) is 22.2. The molecule has 32 heavy (non-hydrogen) atoms. The minimum atomic E-state index is -0.352. The average molecular weight is 450 g/mol. The molecule has 1 aliphatic heterocycles. The van der Waals surface area contributed by atoms with Crippen LogP contribution in [0.4, 0.5) is 5.95 Å². The molecule has 0 bridgehead atoms. The fourth-order valence-electron chi connectivity index (χ4n) is 3.82. The Morgan fingerprint density at radius 3 is 2.56 bits per heavy atom. The van der Waals surface area contributed by atoms with Gasteiger partial charge in [0.25, 0.3) is 0 Å². The summed E-state index contributed by atoms with van der Waals surface area (Å²) < 4.78 is 14.2. The van der Waals surface area contributed by atoms with Gasteiger partial charge in [-0.3, -0.25) is 0 Å². The molecule has 5 rings (SSSR count). The molecular weight excluding hydrogens is 430 g/mol. The fraction of sp³-hybridized carbons (Fsp3) is 0.182. The molecule has 2 aromatic heterocycles. The van der Waals surface area contributed by atoms with Gasteiger partial charge in [0.2, 0.25) is 5.95 Å². The van der Waals surface area contributed by atoms with Gasteiger partial charge in [-0.25, -0.2) is 4.68 Å². The van der Waals surface area contributed by atoms with Gasteiger partial charge in [-0.2, -0.15) is 9.78 Å². The zero-order valence-corrected chi connectivity index (χ0v) is 18.4. The highest BCUT2D eigenvalue weighted by Gasteiger charge is 2.30. The number of methoxy groups -OCH3 is 2. The molecule has 0 amide bonds. The number of hydrogen-bond acceptors (Lipinski definition) is 7. The van der Waals surface area contributed by atoms with E-state index in [2.05, 4.69) is 25.9 Å². The van der Waals surface area contributed by atoms with E-state index < -0.39 is 0 Å². The van der Waals surface area contributed by atoms with E-state index in [1.807, 2.05) is 61.5 Å². The van der Waals surface area contributed by atoms with Crippen molar-refractivity contribution in [2.75, 3.05) is 19.5 Å². The Kier molecular flexibility index (Phi) is 5.02. The number of tetrazole rings is 1. The number of allylic oxidation sites excluding steroid dienone is 1. The Morgan fingerprint density at radius 1 is 1.03 bits per heavy atom. The quantitative estimate of drug-likeness (QED) is 0.494. The van der Waals surface area contributed by atoms with Crippen LogP contribution in [0.15, 0.2) is 54.6 Å². The molecule has 0 saturated carbocycles. The van der Waals surface area contributed by atoms with E-state index in [1.54, 1.807) is 23.6 Å². The number of aryl methyl sites for hydroxylation is 1. The van der Waals surface area contributed by atoms with Crippen molar-refractivity contribution in [3.63, 3.8) is 0 Å². The van der Waals surface area contributed by atoms with Gasteiger partial charge >= 0.3 is 0 Å². The monoisotopic (exact) mass is 449 g/mol. The molecule has 4 aromatic rings. The summed E-state index contributed by atoms with van der Waals surface area (Å²) in [6.45, 7) is 1.93. The van der Waals surface area contributed by atoms with Crippen LogP contribution in [0.25, 0.3) is 11.4 Å². The normalized spacial score (nSPS) is 15.0. The Balaban J connectivity index is 1.63. The van der Waals surface area contributed by atoms with Gasteiger partial charge in [0.1, 0.15) is 11.2 Å². The molecule has 0 spiro atoms. The lowest BCUT2D eigenvalue weighted by Gasteiger charge is -2.23. The van der Waals surface area contributed by atoms with Gasteiger partial charge in [-0.15, -0.1) is 0 Å². The van der Waals surface area contributed by atoms with Gasteiger partial charge in [0, 0.05) is 16.8 Å². The second kappa shape index (κ2) is 8.01. The Morgan fingerprint density at radius 2 is 1.81 bits per heavy atom. The summed E-state index contributed by atoms with van der Waals surface area (Å²) in [6.07, 6.45) is 2.02. The van der Waals surface area contributed by atoms with Crippen molar-refractivity contribution >= 4 is 23.2 Å². The number of halogens is 1. The van der Waals surface area contributed by atoms with Gasteiger partial charge in [-0.1, -0.05) is 34.9 Å². The molecular formula is C22H20ClN7O2. The van der Waals surface area contributed by atoms with Crippen LogP contribution < -0.4 is 14.8 Å². The number of aromatic nitrogens is 6. The van der Waals surface area contributed by atoms with E-state index in [4.69, 9.17) is 21.1 Å². The number of anilines is 1. The maximum Gasteiger partial charge on any atom is 0.248 e. The predicted molar refractivity (Wildman–Crippen MR) is 120 cm³/mol. The first-order chi connectivity index (χ1) is 15.6. The molecule has 1 N–H and O–H groups in total. The second-order valence-electron chi connectivity index (χ2n) is 7.20. The van der Waals surface area contributed by atoms with Gasteiger partial charge in [0.15, 0.2) is 11.5 Å². The van der Waals surface area contributed by atoms with Crippen LogP contribution in [0.1, 0.15) is 22.9 Å². The van der Waals surface area contributed by atoms with Crippen LogP contribution in [0, 0.1) is 6.92 Å². The van der Waals surface area contributed by atoms with E-state index in [-0.39, 0.29) is 6.04 Å². The second-order valence-corrected chi connectivity index (χ2v) is 7.56. The fourth-order valence-corrected chi connectivity index (χ4v) is 4.20. The molecule has 10 heteroatoms. The molecule has 1 aliphatic rings. The number of hydrogen-bond donors (Lipinski definition) is 1. The molecule has 0 saturated heterocycles. The van der Waals surface area contributed by atoms with Crippen LogP contribution >= 0.6 is 11.6 Å². The Hall–Kier alpha value is -3.85. The van der Waals surface area contributed by atoms with E-state index in [1.165, 1.54) is 0 Å². The summed E-state index contributed by atoms with van der Waals surface area (Å²) in [5.74, 6) is 1.78. The Labute approximate surface area is 189 Å². The SMILES string of the molecule is COc1ccc(C2=C[C@@H](c3c(C)nn(-c4ccccc4)c3Cl)n3nnnc3N2)cc1OC. The van der Waals surface area contributed by atoms with Crippen LogP contribution in [0.2, 0.25) is 5.15 Å². The molecule has 0 radical (unpaired) electrons. The van der Waals surface area contributed by atoms with E-state index in [0.717, 1.165) is 28.2 Å². The number of nitrogens with one attached hydrogen (secondary N) is 1. The van der Waals surface area contributed by atoms with Crippen LogP contribution in [0.5, 0.6) is 11.5 Å². The van der Waals surface area contributed by atoms with Gasteiger partial charge in [0.05, 0.1) is 25.6 Å². The highest BCUT2D eigenvalue weighted by Crippen LogP contribution is 2.38. The smallest absolute Gasteiger partial charge is 0.248 e. The predicted octanol–water partition coefficient (Wildman–Crippen LogP) is 3.89. The molecule has 162 valence electrons. The first-order valence-electron chi connectivity index (χ1n) is 9.90. The molecule has 0 fully saturated rings. The van der Waals surface area contributed by atoms with Crippen molar-refractivity contribution in [1.29, 1.82) is 0 Å². The summed E-state index contributed by atoms with van der Waals surface area (Å²) >= 11 is 6.84. The van der Waals surface area contributed by atoms with Crippen molar-refractivity contribution in [2.24, 2.45) is 0 Å². The van der Waals surface area contributed by atoms with Crippen LogP contribution in [-0.4, -0.2) is 44.2 Å². The molecule has 3 heterocycles. The highest BCUT2D eigenvalue weighted by atomic mass is 35.5. The summed E-state index contributed by atoms with van der Waals surface area (Å²) in [5.41, 5.74) is 4.20. The van der Waals surface area contributed by atoms with Gasteiger partial charge in [-0.05, 0) is 53.8 Å². The minimum Gasteiger partial charge on any atom is -0.493 e. The first kappa shape index (κ1) is 20.1.